The van der Waals surface area contributed by atoms with Gasteiger partial charge in [0.05, 0.1) is 19.2 Å². The highest BCUT2D eigenvalue weighted by Gasteiger charge is 2.34. The molecule has 0 spiro atoms. The fraction of sp³-hybridized carbons (Fsp3) is 0.393. The lowest BCUT2D eigenvalue weighted by molar-refractivity contribution is -0.0512. The van der Waals surface area contributed by atoms with Gasteiger partial charge in [-0.25, -0.2) is 13.8 Å². The van der Waals surface area contributed by atoms with Crippen molar-refractivity contribution in [2.45, 2.75) is 49.8 Å². The molecule has 3 aromatic rings. The van der Waals surface area contributed by atoms with Crippen LogP contribution in [-0.2, 0) is 0 Å². The summed E-state index contributed by atoms with van der Waals surface area (Å²) < 4.78 is 28.1. The minimum Gasteiger partial charge on any atom is -0.394 e. The van der Waals surface area contributed by atoms with E-state index in [0.29, 0.717) is 11.7 Å². The molecular weight excluding hydrogens is 464 g/mol. The molecule has 4 rings (SSSR count). The first kappa shape index (κ1) is 26.2. The predicted molar refractivity (Wildman–Crippen MR) is 136 cm³/mol. The van der Waals surface area contributed by atoms with Crippen LogP contribution in [0.1, 0.15) is 54.8 Å². The van der Waals surface area contributed by atoms with Gasteiger partial charge in [0.2, 0.25) is 0 Å². The molecule has 6 nitrogen and oxygen atoms in total. The van der Waals surface area contributed by atoms with Crippen molar-refractivity contribution in [3.63, 3.8) is 0 Å². The number of aromatic nitrogens is 2. The van der Waals surface area contributed by atoms with Crippen LogP contribution in [0.4, 0.5) is 8.78 Å². The summed E-state index contributed by atoms with van der Waals surface area (Å²) in [4.78, 5) is 4.16. The highest BCUT2D eigenvalue weighted by atomic mass is 19.3. The van der Waals surface area contributed by atoms with Crippen LogP contribution in [0.25, 0.3) is 17.2 Å². The number of hydrogen-bond acceptors (Lipinski definition) is 5. The first-order valence-electron chi connectivity index (χ1n) is 12.2. The number of halogens is 2. The number of aliphatic hydroxyl groups excluding tert-OH is 3. The lowest BCUT2D eigenvalue weighted by Gasteiger charge is -2.37. The standard InChI is InChI=1S/C28H33F2N3O3/c1-19(36)27-31-12-13-33(27)26(16-34)11-4-20-2-5-21(6-3-20)22-7-9-23(10-8-22)24-14-25(15-24)32-17-28(29,30)18-35/h2-13,19,24-26,32,34-36H,14-18H2,1H3/t19-,24?,25?,26?/m0/s1. The van der Waals surface area contributed by atoms with E-state index in [1.165, 1.54) is 5.56 Å². The number of nitrogens with one attached hydrogen (secondary N) is 1. The molecule has 1 aromatic heterocycles. The van der Waals surface area contributed by atoms with Gasteiger partial charge in [0.15, 0.2) is 0 Å². The number of nitrogens with zero attached hydrogens (tertiary/aromatic N) is 2. The summed E-state index contributed by atoms with van der Waals surface area (Å²) in [7, 11) is 0. The average molecular weight is 498 g/mol. The molecule has 2 atom stereocenters. The lowest BCUT2D eigenvalue weighted by atomic mass is 9.75. The molecule has 192 valence electrons. The van der Waals surface area contributed by atoms with Crippen LogP contribution in [0.15, 0.2) is 67.0 Å². The molecule has 2 aromatic carbocycles. The zero-order valence-electron chi connectivity index (χ0n) is 20.3. The smallest absolute Gasteiger partial charge is 0.282 e. The van der Waals surface area contributed by atoms with Crippen molar-refractivity contribution in [3.8, 4) is 11.1 Å². The normalized spacial score (nSPS) is 19.8. The second-order valence-corrected chi connectivity index (χ2v) is 9.48. The van der Waals surface area contributed by atoms with E-state index >= 15 is 0 Å². The number of aliphatic hydroxyl groups is 3. The number of hydrogen-bond donors (Lipinski definition) is 4. The second-order valence-electron chi connectivity index (χ2n) is 9.48. The first-order chi connectivity index (χ1) is 17.3. The third-order valence-corrected chi connectivity index (χ3v) is 6.77. The zero-order valence-corrected chi connectivity index (χ0v) is 20.3. The number of alkyl halides is 2. The molecule has 1 unspecified atom stereocenters. The Balaban J connectivity index is 1.33. The Morgan fingerprint density at radius 1 is 1.08 bits per heavy atom. The molecule has 0 bridgehead atoms. The van der Waals surface area contributed by atoms with Crippen molar-refractivity contribution in [1.29, 1.82) is 0 Å². The van der Waals surface area contributed by atoms with Crippen LogP contribution in [-0.4, -0.2) is 56.6 Å². The van der Waals surface area contributed by atoms with Gasteiger partial charge in [-0.2, -0.15) is 0 Å². The fourth-order valence-electron chi connectivity index (χ4n) is 4.53. The Kier molecular flexibility index (Phi) is 8.31. The van der Waals surface area contributed by atoms with E-state index in [2.05, 4.69) is 34.6 Å². The van der Waals surface area contributed by atoms with Gasteiger partial charge in [-0.3, -0.25) is 0 Å². The van der Waals surface area contributed by atoms with E-state index in [1.54, 1.807) is 23.9 Å². The molecule has 1 saturated carbocycles. The van der Waals surface area contributed by atoms with Gasteiger partial charge in [0.1, 0.15) is 18.5 Å². The molecule has 36 heavy (non-hydrogen) atoms. The predicted octanol–water partition coefficient (Wildman–Crippen LogP) is 4.31. The molecule has 0 radical (unpaired) electrons. The van der Waals surface area contributed by atoms with Crippen LogP contribution < -0.4 is 5.32 Å². The Morgan fingerprint density at radius 2 is 1.72 bits per heavy atom. The van der Waals surface area contributed by atoms with Crippen molar-refractivity contribution in [1.82, 2.24) is 14.9 Å². The van der Waals surface area contributed by atoms with Crippen LogP contribution in [0, 0.1) is 0 Å². The molecule has 1 aliphatic carbocycles. The van der Waals surface area contributed by atoms with E-state index < -0.39 is 25.2 Å². The summed E-state index contributed by atoms with van der Waals surface area (Å²) in [6.45, 7) is -0.0799. The summed E-state index contributed by atoms with van der Waals surface area (Å²) in [5, 5.41) is 31.2. The average Bonchev–Trinajstić information content (AvgIpc) is 3.34. The zero-order chi connectivity index (χ0) is 25.7. The van der Waals surface area contributed by atoms with Gasteiger partial charge >= 0.3 is 0 Å². The molecule has 1 heterocycles. The first-order valence-corrected chi connectivity index (χ1v) is 12.2. The van der Waals surface area contributed by atoms with Crippen LogP contribution >= 0.6 is 0 Å². The summed E-state index contributed by atoms with van der Waals surface area (Å²) in [6, 6.07) is 16.2. The van der Waals surface area contributed by atoms with Crippen molar-refractivity contribution in [3.05, 3.63) is 84.0 Å². The highest BCUT2D eigenvalue weighted by molar-refractivity contribution is 5.66. The van der Waals surface area contributed by atoms with E-state index in [9.17, 15) is 19.0 Å². The minimum atomic E-state index is -3.07. The lowest BCUT2D eigenvalue weighted by Crippen LogP contribution is -2.46. The fourth-order valence-corrected chi connectivity index (χ4v) is 4.53. The molecule has 1 aliphatic rings. The van der Waals surface area contributed by atoms with Crippen LogP contribution in [0.3, 0.4) is 0 Å². The third-order valence-electron chi connectivity index (χ3n) is 6.77. The van der Waals surface area contributed by atoms with Gasteiger partial charge < -0.3 is 25.2 Å². The molecule has 0 aliphatic heterocycles. The summed E-state index contributed by atoms with van der Waals surface area (Å²) in [5.41, 5.74) is 4.38. The van der Waals surface area contributed by atoms with Crippen molar-refractivity contribution in [2.24, 2.45) is 0 Å². The van der Waals surface area contributed by atoms with Gasteiger partial charge in [0.25, 0.3) is 5.92 Å². The number of imidazole rings is 1. The van der Waals surface area contributed by atoms with E-state index in [-0.39, 0.29) is 18.7 Å². The van der Waals surface area contributed by atoms with Crippen molar-refractivity contribution >= 4 is 6.08 Å². The van der Waals surface area contributed by atoms with Gasteiger partial charge in [0, 0.05) is 18.4 Å². The summed E-state index contributed by atoms with van der Waals surface area (Å²) in [5.74, 6) is -2.20. The Morgan fingerprint density at radius 3 is 2.31 bits per heavy atom. The quantitative estimate of drug-likeness (QED) is 0.317. The molecule has 0 amide bonds. The topological polar surface area (TPSA) is 90.5 Å². The van der Waals surface area contributed by atoms with Crippen LogP contribution in [0.2, 0.25) is 0 Å². The van der Waals surface area contributed by atoms with Gasteiger partial charge in [-0.05, 0) is 47.9 Å². The maximum Gasteiger partial charge on any atom is 0.282 e. The van der Waals surface area contributed by atoms with Crippen molar-refractivity contribution < 1.29 is 24.1 Å². The molecule has 0 saturated heterocycles. The van der Waals surface area contributed by atoms with Gasteiger partial charge in [-0.15, -0.1) is 0 Å². The SMILES string of the molecule is C[C@H](O)c1nccn1C(C=Cc1ccc(-c2ccc(C3CC(NCC(F)(F)CO)C3)cc2)cc1)CO. The number of benzene rings is 2. The largest absolute Gasteiger partial charge is 0.394 e. The molecule has 4 N–H and O–H groups in total. The maximum atomic E-state index is 13.2. The summed E-state index contributed by atoms with van der Waals surface area (Å²) in [6.07, 6.45) is 8.10. The Hall–Kier alpha value is -2.91. The van der Waals surface area contributed by atoms with E-state index in [1.807, 2.05) is 36.4 Å². The summed E-state index contributed by atoms with van der Waals surface area (Å²) >= 11 is 0. The van der Waals surface area contributed by atoms with Crippen LogP contribution in [0.5, 0.6) is 0 Å². The highest BCUT2D eigenvalue weighted by Crippen LogP contribution is 2.38. The number of rotatable bonds is 11. The van der Waals surface area contributed by atoms with Gasteiger partial charge in [-0.1, -0.05) is 60.7 Å². The molecule has 1 fully saturated rings. The Labute approximate surface area is 209 Å². The third kappa shape index (κ3) is 6.25. The minimum absolute atomic E-state index is 0.0607. The molecule has 8 heteroatoms. The Bertz CT molecular complexity index is 1140. The van der Waals surface area contributed by atoms with E-state index in [4.69, 9.17) is 5.11 Å². The monoisotopic (exact) mass is 497 g/mol. The van der Waals surface area contributed by atoms with E-state index in [0.717, 1.165) is 29.5 Å². The molecular formula is C28H33F2N3O3. The second kappa shape index (κ2) is 11.4. The maximum absolute atomic E-state index is 13.2. The van der Waals surface area contributed by atoms with Crippen molar-refractivity contribution in [2.75, 3.05) is 19.8 Å².